The summed E-state index contributed by atoms with van der Waals surface area (Å²) in [7, 11) is 0. The van der Waals surface area contributed by atoms with Crippen molar-refractivity contribution in [3.8, 4) is 11.8 Å². The Morgan fingerprint density at radius 1 is 1.12 bits per heavy atom. The van der Waals surface area contributed by atoms with Crippen LogP contribution >= 0.6 is 0 Å². The summed E-state index contributed by atoms with van der Waals surface area (Å²) in [5.74, 6) is 3.95. The van der Waals surface area contributed by atoms with Gasteiger partial charge in [0.2, 0.25) is 0 Å². The van der Waals surface area contributed by atoms with E-state index in [4.69, 9.17) is 5.11 Å². The monoisotopic (exact) mass is 327 g/mol. The maximum absolute atomic E-state index is 14.1. The molecule has 0 bridgehead atoms. The summed E-state index contributed by atoms with van der Waals surface area (Å²) in [5, 5.41) is 17.9. The Kier molecular flexibility index (Phi) is 6.50. The van der Waals surface area contributed by atoms with Crippen molar-refractivity contribution >= 4 is 5.91 Å². The molecule has 124 valence electrons. The zero-order valence-corrected chi connectivity index (χ0v) is 13.1. The minimum Gasteiger partial charge on any atom is -0.395 e. The van der Waals surface area contributed by atoms with Crippen LogP contribution in [0.5, 0.6) is 0 Å². The van der Waals surface area contributed by atoms with E-state index in [0.717, 1.165) is 5.56 Å². The van der Waals surface area contributed by atoms with Crippen LogP contribution < -0.4 is 0 Å². The molecule has 0 heterocycles. The number of amides is 1. The molecule has 0 saturated carbocycles. The molecule has 5 heteroatoms. The van der Waals surface area contributed by atoms with E-state index in [2.05, 4.69) is 11.8 Å². The van der Waals surface area contributed by atoms with Gasteiger partial charge in [-0.2, -0.15) is 0 Å². The van der Waals surface area contributed by atoms with Crippen molar-refractivity contribution in [3.05, 3.63) is 71.0 Å². The van der Waals surface area contributed by atoms with E-state index in [9.17, 15) is 14.3 Å². The molecule has 0 aliphatic rings. The quantitative estimate of drug-likeness (QED) is 0.824. The van der Waals surface area contributed by atoms with Gasteiger partial charge in [-0.15, -0.1) is 0 Å². The predicted molar refractivity (Wildman–Crippen MR) is 88.6 cm³/mol. The number of nitrogens with zero attached hydrogens (tertiary/aromatic N) is 1. The average Bonchev–Trinajstić information content (AvgIpc) is 2.61. The van der Waals surface area contributed by atoms with Crippen LogP contribution in [0.25, 0.3) is 0 Å². The smallest absolute Gasteiger partial charge is 0.257 e. The van der Waals surface area contributed by atoms with Gasteiger partial charge in [-0.25, -0.2) is 4.39 Å². The van der Waals surface area contributed by atoms with Crippen molar-refractivity contribution in [1.29, 1.82) is 0 Å². The first kappa shape index (κ1) is 17.7. The third-order valence-electron chi connectivity index (χ3n) is 3.38. The number of aliphatic hydroxyl groups is 2. The molecule has 2 rings (SSSR count). The van der Waals surface area contributed by atoms with Crippen LogP contribution in [0.2, 0.25) is 0 Å². The van der Waals surface area contributed by atoms with Crippen molar-refractivity contribution in [3.63, 3.8) is 0 Å². The van der Waals surface area contributed by atoms with E-state index < -0.39 is 11.7 Å². The first-order valence-corrected chi connectivity index (χ1v) is 7.49. The molecule has 2 aromatic carbocycles. The van der Waals surface area contributed by atoms with E-state index in [1.807, 2.05) is 30.3 Å². The Morgan fingerprint density at radius 3 is 2.54 bits per heavy atom. The van der Waals surface area contributed by atoms with Crippen LogP contribution in [0.1, 0.15) is 21.5 Å². The summed E-state index contributed by atoms with van der Waals surface area (Å²) < 4.78 is 14.1. The molecule has 0 spiro atoms. The summed E-state index contributed by atoms with van der Waals surface area (Å²) >= 11 is 0. The molecule has 4 nitrogen and oxygen atoms in total. The molecule has 0 fully saturated rings. The fourth-order valence-electron chi connectivity index (χ4n) is 2.26. The van der Waals surface area contributed by atoms with E-state index in [0.29, 0.717) is 5.56 Å². The van der Waals surface area contributed by atoms with Crippen LogP contribution in [0.4, 0.5) is 4.39 Å². The van der Waals surface area contributed by atoms with E-state index >= 15 is 0 Å². The number of rotatable bonds is 5. The molecule has 1 amide bonds. The SMILES string of the molecule is O=C(c1cc(C#CCO)ccc1F)N(CCO)Cc1ccccc1. The van der Waals surface area contributed by atoms with E-state index in [1.165, 1.54) is 23.1 Å². The number of benzene rings is 2. The highest BCUT2D eigenvalue weighted by Gasteiger charge is 2.19. The normalized spacial score (nSPS) is 9.96. The summed E-state index contributed by atoms with van der Waals surface area (Å²) in [4.78, 5) is 14.0. The van der Waals surface area contributed by atoms with Crippen LogP contribution in [0, 0.1) is 17.7 Å². The number of carbonyl (C=O) groups excluding carboxylic acids is 1. The van der Waals surface area contributed by atoms with Crippen molar-refractivity contribution in [2.24, 2.45) is 0 Å². The molecule has 0 atom stereocenters. The highest BCUT2D eigenvalue weighted by Crippen LogP contribution is 2.15. The summed E-state index contributed by atoms with van der Waals surface area (Å²) in [6.07, 6.45) is 0. The molecule has 0 radical (unpaired) electrons. The molecule has 2 N–H and O–H groups in total. The van der Waals surface area contributed by atoms with Crippen LogP contribution in [-0.4, -0.2) is 40.8 Å². The molecular formula is C19H18FNO3. The second kappa shape index (κ2) is 8.82. The molecule has 24 heavy (non-hydrogen) atoms. The summed E-state index contributed by atoms with van der Waals surface area (Å²) in [5.41, 5.74) is 1.22. The Hall–Kier alpha value is -2.68. The highest BCUT2D eigenvalue weighted by atomic mass is 19.1. The van der Waals surface area contributed by atoms with Gasteiger partial charge >= 0.3 is 0 Å². The lowest BCUT2D eigenvalue weighted by molar-refractivity contribution is 0.0703. The molecule has 0 saturated heterocycles. The molecule has 0 unspecified atom stereocenters. The summed E-state index contributed by atoms with van der Waals surface area (Å²) in [6.45, 7) is -0.165. The van der Waals surface area contributed by atoms with Gasteiger partial charge in [0, 0.05) is 18.7 Å². The van der Waals surface area contributed by atoms with Crippen LogP contribution in [0.15, 0.2) is 48.5 Å². The Labute approximate surface area is 140 Å². The highest BCUT2D eigenvalue weighted by molar-refractivity contribution is 5.94. The number of halogens is 1. The van der Waals surface area contributed by atoms with Gasteiger partial charge in [0.05, 0.1) is 12.2 Å². The maximum atomic E-state index is 14.1. The zero-order valence-electron chi connectivity index (χ0n) is 13.1. The Morgan fingerprint density at radius 2 is 1.88 bits per heavy atom. The van der Waals surface area contributed by atoms with Gasteiger partial charge in [0.25, 0.3) is 5.91 Å². The Bertz CT molecular complexity index is 750. The number of carbonyl (C=O) groups is 1. The number of aliphatic hydroxyl groups excluding tert-OH is 2. The van der Waals surface area contributed by atoms with Gasteiger partial charge in [0.1, 0.15) is 12.4 Å². The van der Waals surface area contributed by atoms with Gasteiger partial charge in [0.15, 0.2) is 0 Å². The van der Waals surface area contributed by atoms with Gasteiger partial charge in [-0.1, -0.05) is 42.2 Å². The lowest BCUT2D eigenvalue weighted by atomic mass is 10.1. The molecule has 2 aromatic rings. The number of hydrogen-bond acceptors (Lipinski definition) is 3. The van der Waals surface area contributed by atoms with E-state index in [-0.39, 0.29) is 31.9 Å². The molecule has 0 aliphatic heterocycles. The minimum atomic E-state index is -0.648. The second-order valence-corrected chi connectivity index (χ2v) is 5.09. The zero-order chi connectivity index (χ0) is 17.4. The van der Waals surface area contributed by atoms with Crippen molar-refractivity contribution in [1.82, 2.24) is 4.90 Å². The van der Waals surface area contributed by atoms with Crippen molar-refractivity contribution < 1.29 is 19.4 Å². The molecule has 0 aliphatic carbocycles. The average molecular weight is 327 g/mol. The second-order valence-electron chi connectivity index (χ2n) is 5.09. The number of hydrogen-bond donors (Lipinski definition) is 2. The fourth-order valence-corrected chi connectivity index (χ4v) is 2.26. The largest absolute Gasteiger partial charge is 0.395 e. The molecular weight excluding hydrogens is 309 g/mol. The van der Waals surface area contributed by atoms with E-state index in [1.54, 1.807) is 0 Å². The summed E-state index contributed by atoms with van der Waals surface area (Å²) in [6, 6.07) is 13.3. The van der Waals surface area contributed by atoms with Crippen molar-refractivity contribution in [2.75, 3.05) is 19.8 Å². The lowest BCUT2D eigenvalue weighted by Crippen LogP contribution is -2.33. The first-order chi connectivity index (χ1) is 11.7. The van der Waals surface area contributed by atoms with Gasteiger partial charge < -0.3 is 15.1 Å². The third kappa shape index (κ3) is 4.66. The predicted octanol–water partition coefficient (Wildman–Crippen LogP) is 1.80. The third-order valence-corrected chi connectivity index (χ3v) is 3.38. The minimum absolute atomic E-state index is 0.0969. The topological polar surface area (TPSA) is 60.8 Å². The standard InChI is InChI=1S/C19H18FNO3/c20-18-9-8-15(7-4-11-22)13-17(18)19(24)21(10-12-23)14-16-5-2-1-3-6-16/h1-3,5-6,8-9,13,22-23H,10-12,14H2. The van der Waals surface area contributed by atoms with Crippen LogP contribution in [0.3, 0.4) is 0 Å². The van der Waals surface area contributed by atoms with Crippen LogP contribution in [-0.2, 0) is 6.54 Å². The maximum Gasteiger partial charge on any atom is 0.257 e. The van der Waals surface area contributed by atoms with Crippen molar-refractivity contribution in [2.45, 2.75) is 6.54 Å². The van der Waals surface area contributed by atoms with Gasteiger partial charge in [-0.05, 0) is 23.8 Å². The first-order valence-electron chi connectivity index (χ1n) is 7.49. The lowest BCUT2D eigenvalue weighted by Gasteiger charge is -2.22. The fraction of sp³-hybridized carbons (Fsp3) is 0.211. The Balaban J connectivity index is 2.28. The van der Waals surface area contributed by atoms with Gasteiger partial charge in [-0.3, -0.25) is 4.79 Å². The molecule has 0 aromatic heterocycles.